The second-order valence-electron chi connectivity index (χ2n) is 1.20. The van der Waals surface area contributed by atoms with Crippen molar-refractivity contribution in [2.75, 3.05) is 13.1 Å². The van der Waals surface area contributed by atoms with Crippen LogP contribution in [0, 0.1) is 0 Å². The van der Waals surface area contributed by atoms with Gasteiger partial charge in [0.15, 0.2) is 0 Å². The Balaban J connectivity index is -0.000000107. The van der Waals surface area contributed by atoms with E-state index in [1.165, 1.54) is 0 Å². The molecular weight excluding hydrogens is 236 g/mol. The quantitative estimate of drug-likeness (QED) is 0.420. The molecule has 0 saturated heterocycles. The summed E-state index contributed by atoms with van der Waals surface area (Å²) in [6.45, 7) is -0.556. The SMILES string of the molecule is NCC(=O)O.NCC(=O)O.[Mo]. The molecule has 11 heavy (non-hydrogen) atoms. The number of carboxylic acids is 2. The summed E-state index contributed by atoms with van der Waals surface area (Å²) in [6, 6.07) is 0. The molecule has 0 heterocycles. The summed E-state index contributed by atoms with van der Waals surface area (Å²) in [6.07, 6.45) is 0. The van der Waals surface area contributed by atoms with Crippen LogP contribution in [-0.2, 0) is 30.7 Å². The maximum atomic E-state index is 9.24. The second kappa shape index (κ2) is 12.2. The minimum atomic E-state index is -0.968. The molecule has 0 aliphatic rings. The number of aliphatic carboxylic acids is 2. The summed E-state index contributed by atoms with van der Waals surface area (Å²) < 4.78 is 0. The van der Waals surface area contributed by atoms with Crippen LogP contribution in [0.15, 0.2) is 0 Å². The normalized spacial score (nSPS) is 6.73. The Morgan fingerprint density at radius 1 is 1.00 bits per heavy atom. The van der Waals surface area contributed by atoms with Crippen molar-refractivity contribution in [2.24, 2.45) is 11.5 Å². The molecule has 0 bridgehead atoms. The third-order valence-corrected chi connectivity index (χ3v) is 0.349. The fraction of sp³-hybridized carbons (Fsp3) is 0.500. The van der Waals surface area contributed by atoms with Crippen molar-refractivity contribution in [1.29, 1.82) is 0 Å². The fourth-order valence-corrected chi connectivity index (χ4v) is 0. The van der Waals surface area contributed by atoms with E-state index < -0.39 is 11.9 Å². The summed E-state index contributed by atoms with van der Waals surface area (Å²) in [7, 11) is 0. The molecule has 0 unspecified atom stereocenters. The van der Waals surface area contributed by atoms with Crippen LogP contribution in [-0.4, -0.2) is 35.2 Å². The van der Waals surface area contributed by atoms with E-state index in [9.17, 15) is 9.59 Å². The molecule has 0 spiro atoms. The molecule has 0 fully saturated rings. The van der Waals surface area contributed by atoms with Gasteiger partial charge in [-0.1, -0.05) is 0 Å². The molecule has 0 radical (unpaired) electrons. The fourth-order valence-electron chi connectivity index (χ4n) is 0. The predicted octanol–water partition coefficient (Wildman–Crippen LogP) is -1.94. The van der Waals surface area contributed by atoms with Crippen LogP contribution in [0.5, 0.6) is 0 Å². The molecule has 0 rings (SSSR count). The summed E-state index contributed by atoms with van der Waals surface area (Å²) in [4.78, 5) is 18.5. The van der Waals surface area contributed by atoms with Crippen molar-refractivity contribution in [3.8, 4) is 0 Å². The van der Waals surface area contributed by atoms with Gasteiger partial charge in [-0.15, -0.1) is 0 Å². The van der Waals surface area contributed by atoms with Crippen LogP contribution in [0.3, 0.4) is 0 Å². The van der Waals surface area contributed by atoms with E-state index >= 15 is 0 Å². The minimum absolute atomic E-state index is 0. The van der Waals surface area contributed by atoms with E-state index in [1.807, 2.05) is 0 Å². The third-order valence-electron chi connectivity index (χ3n) is 0.349. The van der Waals surface area contributed by atoms with Gasteiger partial charge in [0.2, 0.25) is 0 Å². The number of hydrogen-bond donors (Lipinski definition) is 4. The van der Waals surface area contributed by atoms with Crippen molar-refractivity contribution in [3.05, 3.63) is 0 Å². The maximum absolute atomic E-state index is 9.24. The van der Waals surface area contributed by atoms with E-state index in [1.54, 1.807) is 0 Å². The van der Waals surface area contributed by atoms with Gasteiger partial charge in [-0.25, -0.2) is 0 Å². The van der Waals surface area contributed by atoms with Crippen molar-refractivity contribution in [2.45, 2.75) is 0 Å². The van der Waals surface area contributed by atoms with E-state index in [0.717, 1.165) is 0 Å². The topological polar surface area (TPSA) is 127 Å². The standard InChI is InChI=1S/2C2H5NO2.Mo/c2*3-1-2(4)5;/h2*1,3H2,(H,4,5);. The van der Waals surface area contributed by atoms with Gasteiger partial charge in [-0.2, -0.15) is 0 Å². The van der Waals surface area contributed by atoms with Gasteiger partial charge >= 0.3 is 11.9 Å². The summed E-state index contributed by atoms with van der Waals surface area (Å²) >= 11 is 0. The smallest absolute Gasteiger partial charge is 0.317 e. The van der Waals surface area contributed by atoms with E-state index in [2.05, 4.69) is 11.5 Å². The van der Waals surface area contributed by atoms with Crippen molar-refractivity contribution in [1.82, 2.24) is 0 Å². The van der Waals surface area contributed by atoms with Crippen LogP contribution in [0.25, 0.3) is 0 Å². The largest absolute Gasteiger partial charge is 0.480 e. The molecule has 0 saturated carbocycles. The monoisotopic (exact) mass is 248 g/mol. The van der Waals surface area contributed by atoms with E-state index in [4.69, 9.17) is 10.2 Å². The molecule has 0 aromatic rings. The zero-order chi connectivity index (χ0) is 8.57. The first-order valence-corrected chi connectivity index (χ1v) is 2.38. The number of nitrogens with two attached hydrogens (primary N) is 2. The molecule has 6 nitrogen and oxygen atoms in total. The first-order valence-electron chi connectivity index (χ1n) is 2.38. The van der Waals surface area contributed by atoms with Crippen LogP contribution in [0.1, 0.15) is 0 Å². The Hall–Kier alpha value is -0.452. The first-order chi connectivity index (χ1) is 4.54. The van der Waals surface area contributed by atoms with Gasteiger partial charge in [0.05, 0.1) is 13.1 Å². The van der Waals surface area contributed by atoms with Gasteiger partial charge in [-0.3, -0.25) is 9.59 Å². The Kier molecular flexibility index (Phi) is 18.8. The number of hydrogen-bond acceptors (Lipinski definition) is 4. The van der Waals surface area contributed by atoms with Crippen LogP contribution >= 0.6 is 0 Å². The number of rotatable bonds is 2. The minimum Gasteiger partial charge on any atom is -0.480 e. The summed E-state index contributed by atoms with van der Waals surface area (Å²) in [5, 5.41) is 15.2. The molecule has 0 aromatic carbocycles. The number of carboxylic acid groups (broad SMARTS) is 2. The van der Waals surface area contributed by atoms with Crippen molar-refractivity contribution in [3.63, 3.8) is 0 Å². The molecule has 6 N–H and O–H groups in total. The Labute approximate surface area is 77.8 Å². The third kappa shape index (κ3) is 43.2. The van der Waals surface area contributed by atoms with Crippen LogP contribution < -0.4 is 11.5 Å². The van der Waals surface area contributed by atoms with E-state index in [0.29, 0.717) is 0 Å². The molecule has 0 amide bonds. The van der Waals surface area contributed by atoms with E-state index in [-0.39, 0.29) is 34.2 Å². The van der Waals surface area contributed by atoms with Gasteiger partial charge < -0.3 is 21.7 Å². The first kappa shape index (κ1) is 16.9. The van der Waals surface area contributed by atoms with Gasteiger partial charge in [-0.05, 0) is 0 Å². The molecular formula is C4H10MoN2O4. The number of carbonyl (C=O) groups is 2. The van der Waals surface area contributed by atoms with Crippen molar-refractivity contribution < 1.29 is 40.9 Å². The Morgan fingerprint density at radius 2 is 1.09 bits per heavy atom. The Morgan fingerprint density at radius 3 is 1.09 bits per heavy atom. The molecule has 66 valence electrons. The zero-order valence-electron chi connectivity index (χ0n) is 5.69. The Bertz CT molecular complexity index is 105. The van der Waals surface area contributed by atoms with Gasteiger partial charge in [0, 0.05) is 21.1 Å². The molecule has 0 aromatic heterocycles. The van der Waals surface area contributed by atoms with Gasteiger partial charge in [0.1, 0.15) is 0 Å². The summed E-state index contributed by atoms with van der Waals surface area (Å²) in [5.74, 6) is -1.94. The zero-order valence-corrected chi connectivity index (χ0v) is 7.70. The average Bonchev–Trinajstić information content (AvgIpc) is 1.89. The molecule has 0 aliphatic heterocycles. The van der Waals surface area contributed by atoms with Crippen LogP contribution in [0.2, 0.25) is 0 Å². The average molecular weight is 246 g/mol. The van der Waals surface area contributed by atoms with Gasteiger partial charge in [0.25, 0.3) is 0 Å². The maximum Gasteiger partial charge on any atom is 0.317 e. The predicted molar refractivity (Wildman–Crippen MR) is 33.4 cm³/mol. The second-order valence-corrected chi connectivity index (χ2v) is 1.20. The molecule has 0 aliphatic carbocycles. The van der Waals surface area contributed by atoms with Crippen LogP contribution in [0.4, 0.5) is 0 Å². The summed E-state index contributed by atoms with van der Waals surface area (Å²) in [5.41, 5.74) is 9.14. The molecule has 7 heteroatoms. The molecule has 0 atom stereocenters. The van der Waals surface area contributed by atoms with Crippen molar-refractivity contribution >= 4 is 11.9 Å².